The number of hydrogen-bond donors (Lipinski definition) is 0. The summed E-state index contributed by atoms with van der Waals surface area (Å²) in [6.45, 7) is 21.3. The number of methoxy groups -OCH3 is 4. The average Bonchev–Trinajstić information content (AvgIpc) is 4.02. The zero-order valence-electron chi connectivity index (χ0n) is 35.4. The highest BCUT2D eigenvalue weighted by molar-refractivity contribution is 6.32. The largest absolute Gasteiger partial charge is 0.480 e. The van der Waals surface area contributed by atoms with Crippen LogP contribution in [0, 0.1) is 24.4 Å². The quantitative estimate of drug-likeness (QED) is 0.142. The predicted octanol–water partition coefficient (Wildman–Crippen LogP) is 12.4. The lowest BCUT2D eigenvalue weighted by Crippen LogP contribution is -2.08. The summed E-state index contributed by atoms with van der Waals surface area (Å²) in [6, 6.07) is 0. The summed E-state index contributed by atoms with van der Waals surface area (Å²) in [7, 11) is 5.70. The molecule has 0 amide bonds. The van der Waals surface area contributed by atoms with Crippen molar-refractivity contribution in [1.29, 1.82) is 0 Å². The van der Waals surface area contributed by atoms with E-state index < -0.39 is 11.6 Å². The number of aryl methyl sites for hydroxylation is 3. The van der Waals surface area contributed by atoms with Gasteiger partial charge in [-0.25, -0.2) is 24.3 Å². The van der Waals surface area contributed by atoms with Crippen molar-refractivity contribution >= 4 is 11.6 Å². The van der Waals surface area contributed by atoms with Gasteiger partial charge in [0.1, 0.15) is 28.3 Å². The second-order valence-corrected chi connectivity index (χ2v) is 14.5. The third kappa shape index (κ3) is 16.6. The van der Waals surface area contributed by atoms with E-state index in [1.54, 1.807) is 14.0 Å². The molecule has 1 aliphatic carbocycles. The maximum absolute atomic E-state index is 13.6. The van der Waals surface area contributed by atoms with Crippen LogP contribution in [0.2, 0.25) is 5.02 Å². The van der Waals surface area contributed by atoms with Crippen LogP contribution in [0.5, 0.6) is 23.5 Å². The van der Waals surface area contributed by atoms with Gasteiger partial charge in [0, 0.05) is 29.6 Å². The minimum atomic E-state index is -0.667. The zero-order chi connectivity index (χ0) is 42.4. The predicted molar refractivity (Wildman–Crippen MR) is 238 cm³/mol. The number of hydrogen-bond acceptors (Lipinski definition) is 12. The number of halogens is 4. The summed E-state index contributed by atoms with van der Waals surface area (Å²) in [5.41, 5.74) is 2.38. The van der Waals surface area contributed by atoms with Crippen LogP contribution in [-0.4, -0.2) is 68.3 Å². The van der Waals surface area contributed by atoms with E-state index in [0.29, 0.717) is 64.3 Å². The van der Waals surface area contributed by atoms with Gasteiger partial charge in [-0.2, -0.15) is 28.7 Å². The van der Waals surface area contributed by atoms with E-state index in [1.807, 2.05) is 55.4 Å². The topological polar surface area (TPSA) is 140 Å². The molecule has 1 saturated carbocycles. The van der Waals surface area contributed by atoms with Gasteiger partial charge in [-0.05, 0) is 32.6 Å². The first-order valence-corrected chi connectivity index (χ1v) is 19.2. The summed E-state index contributed by atoms with van der Waals surface area (Å²) >= 11 is 6.17. The molecule has 342 valence electrons. The zero-order valence-corrected chi connectivity index (χ0v) is 36.2. The third-order valence-electron chi connectivity index (χ3n) is 8.15. The average molecular weight is 872 g/mol. The molecule has 1 fully saturated rings. The van der Waals surface area contributed by atoms with Gasteiger partial charge >= 0.3 is 0 Å². The van der Waals surface area contributed by atoms with Crippen LogP contribution in [0.15, 0.2) is 0 Å². The Morgan fingerprint density at radius 2 is 0.817 bits per heavy atom. The van der Waals surface area contributed by atoms with Gasteiger partial charge in [0.25, 0.3) is 17.6 Å². The molecule has 16 heteroatoms. The van der Waals surface area contributed by atoms with E-state index in [4.69, 9.17) is 30.5 Å². The molecule has 0 saturated heterocycles. The van der Waals surface area contributed by atoms with Crippen molar-refractivity contribution in [3.8, 4) is 23.5 Å². The molecule has 0 atom stereocenters. The first-order valence-electron chi connectivity index (χ1n) is 18.8. The van der Waals surface area contributed by atoms with Gasteiger partial charge in [0.15, 0.2) is 5.82 Å². The Morgan fingerprint density at radius 1 is 0.500 bits per heavy atom. The summed E-state index contributed by atoms with van der Waals surface area (Å²) < 4.78 is 59.6. The highest BCUT2D eigenvalue weighted by Crippen LogP contribution is 2.44. The number of rotatable bonds is 11. The van der Waals surface area contributed by atoms with Crippen LogP contribution in [0.3, 0.4) is 0 Å². The molecular formula is C44H74ClF3N8O4. The molecule has 0 aliphatic heterocycles. The maximum atomic E-state index is 13.6. The molecule has 1 aliphatic rings. The molecule has 5 rings (SSSR count). The van der Waals surface area contributed by atoms with Crippen LogP contribution in [0.1, 0.15) is 187 Å². The molecule has 4 aromatic rings. The lowest BCUT2D eigenvalue weighted by atomic mass is 10.1. The Labute approximate surface area is 364 Å². The van der Waals surface area contributed by atoms with Gasteiger partial charge in [-0.15, -0.1) is 0 Å². The first kappa shape index (κ1) is 59.9. The van der Waals surface area contributed by atoms with Crippen LogP contribution < -0.4 is 18.9 Å². The molecule has 0 N–H and O–H groups in total. The van der Waals surface area contributed by atoms with E-state index in [-0.39, 0.29) is 70.9 Å². The monoisotopic (exact) mass is 871 g/mol. The van der Waals surface area contributed by atoms with Crippen molar-refractivity contribution in [1.82, 2.24) is 39.9 Å². The van der Waals surface area contributed by atoms with E-state index >= 15 is 0 Å². The lowest BCUT2D eigenvalue weighted by Gasteiger charge is -2.11. The van der Waals surface area contributed by atoms with Crippen molar-refractivity contribution in [3.63, 3.8) is 0 Å². The second kappa shape index (κ2) is 28.2. The third-order valence-corrected chi connectivity index (χ3v) is 8.51. The Morgan fingerprint density at radius 3 is 1.15 bits per heavy atom. The second-order valence-electron chi connectivity index (χ2n) is 14.1. The fourth-order valence-corrected chi connectivity index (χ4v) is 4.99. The van der Waals surface area contributed by atoms with E-state index in [0.717, 1.165) is 17.3 Å². The Kier molecular flexibility index (Phi) is 28.1. The fourth-order valence-electron chi connectivity index (χ4n) is 4.67. The number of nitrogens with zero attached hydrogens (tertiary/aromatic N) is 8. The Bertz CT molecular complexity index is 1760. The summed E-state index contributed by atoms with van der Waals surface area (Å²) in [6.07, 6.45) is 3.61. The Balaban J connectivity index is -0.000000707. The van der Waals surface area contributed by atoms with Crippen molar-refractivity contribution < 1.29 is 32.1 Å². The SMILES string of the molecule is C.C.C.C.CCc1nc(C(C)C)nc(CC)c1F.COc1nc(C(C)C)nc(C)c1F.COc1nc(C(C)C)nc(C2CC2)c1Cl.COc1nc(C(C)C)nc(OC)c1F. The lowest BCUT2D eigenvalue weighted by molar-refractivity contribution is 0.323. The van der Waals surface area contributed by atoms with E-state index in [1.165, 1.54) is 34.2 Å². The van der Waals surface area contributed by atoms with Gasteiger partial charge < -0.3 is 18.9 Å². The molecule has 12 nitrogen and oxygen atoms in total. The van der Waals surface area contributed by atoms with Gasteiger partial charge in [-0.1, -0.05) is 111 Å². The number of ether oxygens (including phenoxy) is 4. The molecule has 60 heavy (non-hydrogen) atoms. The van der Waals surface area contributed by atoms with Crippen molar-refractivity contribution in [2.75, 3.05) is 28.4 Å². The number of aromatic nitrogens is 8. The van der Waals surface area contributed by atoms with Crippen LogP contribution in [0.25, 0.3) is 0 Å². The fraction of sp³-hybridized carbons (Fsp3) is 0.636. The van der Waals surface area contributed by atoms with Gasteiger partial charge in [0.2, 0.25) is 17.5 Å². The van der Waals surface area contributed by atoms with Gasteiger partial charge in [-0.3, -0.25) is 0 Å². The highest BCUT2D eigenvalue weighted by Gasteiger charge is 2.30. The van der Waals surface area contributed by atoms with Crippen molar-refractivity contribution in [3.05, 3.63) is 68.5 Å². The standard InChI is InChI=1S/C11H15ClN2O.C11H17FN2.C9H13FN2O2.C9H13FN2O.4CH4/c1-6(2)10-13-9(7-4-5-7)8(12)11(14-10)15-3;1-5-8-10(12)9(6-2)14-11(13-8)7(3)4;1-5(2)7-11-8(13-3)6(10)9(12-7)14-4;1-5(2)8-11-6(3)7(10)9(12-8)13-4;;;;/h6-7H,4-5H2,1-3H3;7H,5-6H2,1-4H3;5H,1-4H3;5H,1-4H3;4*1H4. The smallest absolute Gasteiger partial charge is 0.257 e. The normalized spacial score (nSPS) is 11.2. The summed E-state index contributed by atoms with van der Waals surface area (Å²) in [5, 5.41) is 0.587. The molecular weight excluding hydrogens is 797 g/mol. The van der Waals surface area contributed by atoms with Crippen LogP contribution >= 0.6 is 11.6 Å². The minimum Gasteiger partial charge on any atom is -0.480 e. The Hall–Kier alpha value is -4.40. The van der Waals surface area contributed by atoms with E-state index in [9.17, 15) is 13.2 Å². The molecule has 4 aromatic heterocycles. The molecule has 0 aromatic carbocycles. The van der Waals surface area contributed by atoms with Crippen LogP contribution in [-0.2, 0) is 12.8 Å². The summed E-state index contributed by atoms with van der Waals surface area (Å²) in [5.74, 6) is 3.02. The molecule has 4 heterocycles. The van der Waals surface area contributed by atoms with E-state index in [2.05, 4.69) is 53.7 Å². The van der Waals surface area contributed by atoms with Gasteiger partial charge in [0.05, 0.1) is 51.2 Å². The molecule has 0 radical (unpaired) electrons. The molecule has 0 unspecified atom stereocenters. The van der Waals surface area contributed by atoms with Crippen molar-refractivity contribution in [2.24, 2.45) is 0 Å². The van der Waals surface area contributed by atoms with Crippen LogP contribution in [0.4, 0.5) is 13.2 Å². The van der Waals surface area contributed by atoms with Crippen molar-refractivity contribution in [2.45, 2.75) is 161 Å². The highest BCUT2D eigenvalue weighted by atomic mass is 35.5. The molecule has 0 spiro atoms. The maximum Gasteiger partial charge on any atom is 0.257 e. The minimum absolute atomic E-state index is 0. The first-order chi connectivity index (χ1) is 26.4. The molecule has 0 bridgehead atoms. The summed E-state index contributed by atoms with van der Waals surface area (Å²) in [4.78, 5) is 33.0.